The smallest absolute Gasteiger partial charge is 0.341 e. The number of benzene rings is 2. The van der Waals surface area contributed by atoms with Crippen molar-refractivity contribution in [3.05, 3.63) is 65.4 Å². The summed E-state index contributed by atoms with van der Waals surface area (Å²) in [7, 11) is 0. The van der Waals surface area contributed by atoms with Crippen LogP contribution in [-0.2, 0) is 5.33 Å². The molecule has 0 N–H and O–H groups in total. The van der Waals surface area contributed by atoms with Gasteiger partial charge in [0.25, 0.3) is 0 Å². The molecule has 0 spiro atoms. The van der Waals surface area contributed by atoms with E-state index in [-0.39, 0.29) is 6.01 Å². The van der Waals surface area contributed by atoms with Crippen molar-refractivity contribution in [3.8, 4) is 17.4 Å². The fourth-order valence-corrected chi connectivity index (χ4v) is 2.46. The molecule has 3 aromatic rings. The van der Waals surface area contributed by atoms with Gasteiger partial charge in [-0.2, -0.15) is 4.98 Å². The van der Waals surface area contributed by atoms with Gasteiger partial charge in [0.1, 0.15) is 12.1 Å². The van der Waals surface area contributed by atoms with E-state index in [9.17, 15) is 0 Å². The zero-order chi connectivity index (χ0) is 14.7. The molecule has 2 aromatic carbocycles. The average Bonchev–Trinajstić information content (AvgIpc) is 2.97. The molecule has 4 nitrogen and oxygen atoms in total. The Morgan fingerprint density at radius 2 is 1.95 bits per heavy atom. The Labute approximate surface area is 135 Å². The highest BCUT2D eigenvalue weighted by Gasteiger charge is 2.09. The Balaban J connectivity index is 1.87. The summed E-state index contributed by atoms with van der Waals surface area (Å²) in [6, 6.07) is 15.5. The largest absolute Gasteiger partial charge is 0.423 e. The summed E-state index contributed by atoms with van der Waals surface area (Å²) >= 11 is 9.42. The molecule has 0 aliphatic rings. The molecule has 0 aliphatic heterocycles. The lowest BCUT2D eigenvalue weighted by Gasteiger charge is -2.06. The summed E-state index contributed by atoms with van der Waals surface area (Å²) in [5.41, 5.74) is 1.90. The van der Waals surface area contributed by atoms with Gasteiger partial charge in [0, 0.05) is 15.9 Å². The second kappa shape index (κ2) is 6.28. The second-order valence-electron chi connectivity index (χ2n) is 4.29. The Kier molecular flexibility index (Phi) is 4.22. The van der Waals surface area contributed by atoms with Gasteiger partial charge in [-0.05, 0) is 24.3 Å². The number of aromatic nitrogens is 3. The van der Waals surface area contributed by atoms with Gasteiger partial charge >= 0.3 is 6.01 Å². The first kappa shape index (κ1) is 14.1. The van der Waals surface area contributed by atoms with Crippen LogP contribution in [0.25, 0.3) is 5.69 Å². The Hall–Kier alpha value is -1.85. The molecule has 0 unspecified atom stereocenters. The molecule has 1 heterocycles. The maximum atomic E-state index is 6.00. The Bertz CT molecular complexity index is 746. The van der Waals surface area contributed by atoms with Crippen molar-refractivity contribution in [2.75, 3.05) is 0 Å². The molecule has 0 fully saturated rings. The average molecular weight is 365 g/mol. The van der Waals surface area contributed by atoms with E-state index in [0.717, 1.165) is 11.3 Å². The van der Waals surface area contributed by atoms with E-state index < -0.39 is 0 Å². The van der Waals surface area contributed by atoms with Crippen LogP contribution >= 0.6 is 27.5 Å². The summed E-state index contributed by atoms with van der Waals surface area (Å²) in [4.78, 5) is 4.16. The van der Waals surface area contributed by atoms with Gasteiger partial charge in [-0.3, -0.25) is 0 Å². The minimum absolute atomic E-state index is 0.281. The van der Waals surface area contributed by atoms with E-state index in [1.165, 1.54) is 0 Å². The zero-order valence-corrected chi connectivity index (χ0v) is 13.3. The van der Waals surface area contributed by atoms with Crippen molar-refractivity contribution in [2.24, 2.45) is 0 Å². The zero-order valence-electron chi connectivity index (χ0n) is 10.9. The molecule has 6 heteroatoms. The number of para-hydroxylation sites is 1. The predicted octanol–water partition coefficient (Wildman–Crippen LogP) is 4.61. The first-order valence-electron chi connectivity index (χ1n) is 6.25. The number of alkyl halides is 1. The number of halogens is 2. The highest BCUT2D eigenvalue weighted by molar-refractivity contribution is 9.08. The fraction of sp³-hybridized carbons (Fsp3) is 0.0667. The maximum Gasteiger partial charge on any atom is 0.341 e. The van der Waals surface area contributed by atoms with Gasteiger partial charge < -0.3 is 4.74 Å². The van der Waals surface area contributed by atoms with Crippen LogP contribution < -0.4 is 4.74 Å². The van der Waals surface area contributed by atoms with Gasteiger partial charge in [-0.25, -0.2) is 4.68 Å². The third-order valence-corrected chi connectivity index (χ3v) is 3.71. The van der Waals surface area contributed by atoms with Crippen LogP contribution in [0.3, 0.4) is 0 Å². The monoisotopic (exact) mass is 363 g/mol. The molecule has 0 amide bonds. The molecule has 0 bridgehead atoms. The minimum Gasteiger partial charge on any atom is -0.423 e. The molecule has 21 heavy (non-hydrogen) atoms. The quantitative estimate of drug-likeness (QED) is 0.635. The molecule has 1 aromatic heterocycles. The van der Waals surface area contributed by atoms with Crippen molar-refractivity contribution in [1.29, 1.82) is 0 Å². The first-order chi connectivity index (χ1) is 10.3. The van der Waals surface area contributed by atoms with Crippen LogP contribution in [-0.4, -0.2) is 14.8 Å². The summed E-state index contributed by atoms with van der Waals surface area (Å²) in [5.74, 6) is 0.644. The molecule has 106 valence electrons. The molecule has 0 atom stereocenters. The van der Waals surface area contributed by atoms with E-state index in [0.29, 0.717) is 16.1 Å². The van der Waals surface area contributed by atoms with Crippen molar-refractivity contribution in [2.45, 2.75) is 5.33 Å². The molecule has 0 saturated heterocycles. The second-order valence-corrected chi connectivity index (χ2v) is 5.29. The number of hydrogen-bond acceptors (Lipinski definition) is 3. The van der Waals surface area contributed by atoms with Crippen molar-refractivity contribution in [1.82, 2.24) is 14.8 Å². The summed E-state index contributed by atoms with van der Waals surface area (Å²) in [6.07, 6.45) is 1.61. The third kappa shape index (κ3) is 3.25. The first-order valence-corrected chi connectivity index (χ1v) is 7.75. The predicted molar refractivity (Wildman–Crippen MR) is 85.5 cm³/mol. The lowest BCUT2D eigenvalue weighted by Crippen LogP contribution is -1.95. The molecular weight excluding hydrogens is 354 g/mol. The lowest BCUT2D eigenvalue weighted by molar-refractivity contribution is 0.438. The van der Waals surface area contributed by atoms with E-state index >= 15 is 0 Å². The highest BCUT2D eigenvalue weighted by atomic mass is 79.9. The van der Waals surface area contributed by atoms with Crippen molar-refractivity contribution < 1.29 is 4.74 Å². The van der Waals surface area contributed by atoms with Gasteiger partial charge in [0.05, 0.1) is 5.69 Å². The lowest BCUT2D eigenvalue weighted by atomic mass is 10.2. The van der Waals surface area contributed by atoms with Crippen LogP contribution in [0.15, 0.2) is 54.9 Å². The normalized spacial score (nSPS) is 10.6. The number of hydrogen-bond donors (Lipinski definition) is 0. The van der Waals surface area contributed by atoms with Gasteiger partial charge in [-0.1, -0.05) is 51.8 Å². The number of nitrogens with zero attached hydrogens (tertiary/aromatic N) is 3. The fourth-order valence-electron chi connectivity index (χ4n) is 1.83. The third-order valence-electron chi connectivity index (χ3n) is 2.87. The standard InChI is InChI=1S/C15H11BrClN3O/c16-9-11-6-7-12(17)8-14(11)21-15-18-10-20(19-15)13-4-2-1-3-5-13/h1-8,10H,9H2. The number of ether oxygens (including phenoxy) is 1. The summed E-state index contributed by atoms with van der Waals surface area (Å²) in [5, 5.41) is 5.58. The summed E-state index contributed by atoms with van der Waals surface area (Å²) < 4.78 is 7.39. The molecule has 3 rings (SSSR count). The van der Waals surface area contributed by atoms with Crippen molar-refractivity contribution in [3.63, 3.8) is 0 Å². The molecule has 0 aliphatic carbocycles. The van der Waals surface area contributed by atoms with Crippen LogP contribution in [0.4, 0.5) is 0 Å². The van der Waals surface area contributed by atoms with Crippen molar-refractivity contribution >= 4 is 27.5 Å². The van der Waals surface area contributed by atoms with Crippen LogP contribution in [0.2, 0.25) is 5.02 Å². The van der Waals surface area contributed by atoms with Gasteiger partial charge in [-0.15, -0.1) is 5.10 Å². The van der Waals surface area contributed by atoms with E-state index in [1.807, 2.05) is 42.5 Å². The molecule has 0 saturated carbocycles. The van der Waals surface area contributed by atoms with E-state index in [2.05, 4.69) is 26.0 Å². The van der Waals surface area contributed by atoms with Gasteiger partial charge in [0.2, 0.25) is 0 Å². The van der Waals surface area contributed by atoms with Crippen LogP contribution in [0.1, 0.15) is 5.56 Å². The SMILES string of the molecule is Clc1ccc(CBr)c(Oc2ncn(-c3ccccc3)n2)c1. The maximum absolute atomic E-state index is 6.00. The number of rotatable bonds is 4. The van der Waals surface area contributed by atoms with Crippen LogP contribution in [0.5, 0.6) is 11.8 Å². The molecule has 0 radical (unpaired) electrons. The minimum atomic E-state index is 0.281. The van der Waals surface area contributed by atoms with Crippen LogP contribution in [0, 0.1) is 0 Å². The molecular formula is C15H11BrClN3O. The topological polar surface area (TPSA) is 39.9 Å². The highest BCUT2D eigenvalue weighted by Crippen LogP contribution is 2.28. The summed E-state index contributed by atoms with van der Waals surface area (Å²) in [6.45, 7) is 0. The Morgan fingerprint density at radius 1 is 1.14 bits per heavy atom. The van der Waals surface area contributed by atoms with E-state index in [4.69, 9.17) is 16.3 Å². The van der Waals surface area contributed by atoms with Gasteiger partial charge in [0.15, 0.2) is 0 Å². The van der Waals surface area contributed by atoms with E-state index in [1.54, 1.807) is 17.1 Å². The Morgan fingerprint density at radius 3 is 2.71 bits per heavy atom.